The van der Waals surface area contributed by atoms with Gasteiger partial charge in [-0.1, -0.05) is 12.1 Å². The second-order valence-electron chi connectivity index (χ2n) is 8.17. The number of benzene rings is 2. The summed E-state index contributed by atoms with van der Waals surface area (Å²) in [6.07, 6.45) is 0.595. The van der Waals surface area contributed by atoms with Crippen LogP contribution in [0.1, 0.15) is 32.7 Å². The molecule has 0 saturated heterocycles. The number of aryl methyl sites for hydroxylation is 2. The molecule has 0 saturated carbocycles. The predicted molar refractivity (Wildman–Crippen MR) is 136 cm³/mol. The first-order valence-electron chi connectivity index (χ1n) is 11.3. The standard InChI is InChI=1S/C27H28N4O5/c1-17-12-18(2)31(27(34)22(17)15-28)16-25(32)30-21-7-5-6-20(14-21)26(33)29-11-10-19-8-9-23(35-3)24(13-19)36-4/h5-9,12-14H,10-11,16H2,1-4H3,(H,29,33)(H,30,32). The summed E-state index contributed by atoms with van der Waals surface area (Å²) in [5, 5.41) is 14.8. The van der Waals surface area contributed by atoms with Crippen LogP contribution in [0.3, 0.4) is 0 Å². The summed E-state index contributed by atoms with van der Waals surface area (Å²) in [6, 6.07) is 15.7. The molecule has 0 unspecified atom stereocenters. The van der Waals surface area contributed by atoms with Crippen LogP contribution in [-0.2, 0) is 17.8 Å². The van der Waals surface area contributed by atoms with Crippen LogP contribution in [0.4, 0.5) is 5.69 Å². The monoisotopic (exact) mass is 488 g/mol. The van der Waals surface area contributed by atoms with Crippen molar-refractivity contribution in [3.63, 3.8) is 0 Å². The molecule has 3 aromatic rings. The van der Waals surface area contributed by atoms with Crippen molar-refractivity contribution in [1.29, 1.82) is 5.26 Å². The Hall–Kier alpha value is -4.58. The summed E-state index contributed by atoms with van der Waals surface area (Å²) in [7, 11) is 3.14. The SMILES string of the molecule is COc1ccc(CCNC(=O)c2cccc(NC(=O)Cn3c(C)cc(C)c(C#N)c3=O)c2)cc1OC. The number of anilines is 1. The Morgan fingerprint density at radius 2 is 1.78 bits per heavy atom. The highest BCUT2D eigenvalue weighted by molar-refractivity contribution is 5.97. The molecule has 2 N–H and O–H groups in total. The molecule has 2 aromatic carbocycles. The van der Waals surface area contributed by atoms with Crippen LogP contribution in [0.25, 0.3) is 0 Å². The van der Waals surface area contributed by atoms with E-state index in [9.17, 15) is 19.6 Å². The smallest absolute Gasteiger partial charge is 0.269 e. The third-order valence-corrected chi connectivity index (χ3v) is 5.67. The molecule has 3 rings (SSSR count). The van der Waals surface area contributed by atoms with E-state index in [1.54, 1.807) is 58.4 Å². The molecule has 0 fully saturated rings. The Morgan fingerprint density at radius 1 is 1.03 bits per heavy atom. The van der Waals surface area contributed by atoms with Gasteiger partial charge in [-0.2, -0.15) is 5.26 Å². The number of pyridine rings is 1. The fourth-order valence-corrected chi connectivity index (χ4v) is 3.80. The number of carbonyl (C=O) groups excluding carboxylic acids is 2. The number of nitrogens with one attached hydrogen (secondary N) is 2. The van der Waals surface area contributed by atoms with Gasteiger partial charge in [0, 0.05) is 23.5 Å². The average molecular weight is 489 g/mol. The number of rotatable bonds is 9. The average Bonchev–Trinajstić information content (AvgIpc) is 2.86. The van der Waals surface area contributed by atoms with Crippen LogP contribution in [-0.4, -0.2) is 37.1 Å². The normalized spacial score (nSPS) is 10.3. The summed E-state index contributed by atoms with van der Waals surface area (Å²) in [6.45, 7) is 3.54. The maximum atomic E-state index is 12.6. The lowest BCUT2D eigenvalue weighted by Gasteiger charge is -2.13. The van der Waals surface area contributed by atoms with Gasteiger partial charge in [0.1, 0.15) is 18.2 Å². The molecule has 0 aliphatic rings. The summed E-state index contributed by atoms with van der Waals surface area (Å²) in [5.41, 5.74) is 2.44. The van der Waals surface area contributed by atoms with Gasteiger partial charge in [0.25, 0.3) is 11.5 Å². The van der Waals surface area contributed by atoms with Crippen molar-refractivity contribution in [2.24, 2.45) is 0 Å². The Balaban J connectivity index is 1.61. The molecular weight excluding hydrogens is 460 g/mol. The zero-order valence-electron chi connectivity index (χ0n) is 20.7. The Morgan fingerprint density at radius 3 is 2.47 bits per heavy atom. The number of nitrogens with zero attached hydrogens (tertiary/aromatic N) is 2. The van der Waals surface area contributed by atoms with Crippen LogP contribution in [0, 0.1) is 25.2 Å². The van der Waals surface area contributed by atoms with Crippen molar-refractivity contribution < 1.29 is 19.1 Å². The van der Waals surface area contributed by atoms with Gasteiger partial charge in [-0.25, -0.2) is 0 Å². The maximum Gasteiger partial charge on any atom is 0.269 e. The summed E-state index contributed by atoms with van der Waals surface area (Å²) < 4.78 is 11.8. The van der Waals surface area contributed by atoms with E-state index in [2.05, 4.69) is 10.6 Å². The number of methoxy groups -OCH3 is 2. The Bertz CT molecular complexity index is 1390. The molecule has 0 spiro atoms. The van der Waals surface area contributed by atoms with Crippen molar-refractivity contribution in [2.45, 2.75) is 26.8 Å². The van der Waals surface area contributed by atoms with Gasteiger partial charge in [0.2, 0.25) is 5.91 Å². The van der Waals surface area contributed by atoms with Gasteiger partial charge in [-0.15, -0.1) is 0 Å². The van der Waals surface area contributed by atoms with Gasteiger partial charge in [-0.3, -0.25) is 14.4 Å². The van der Waals surface area contributed by atoms with Crippen molar-refractivity contribution in [1.82, 2.24) is 9.88 Å². The van der Waals surface area contributed by atoms with Gasteiger partial charge in [0.05, 0.1) is 14.2 Å². The molecule has 0 aliphatic carbocycles. The van der Waals surface area contributed by atoms with Crippen LogP contribution in [0.2, 0.25) is 0 Å². The maximum absolute atomic E-state index is 12.6. The van der Waals surface area contributed by atoms with E-state index in [0.29, 0.717) is 47.0 Å². The first-order chi connectivity index (χ1) is 17.3. The summed E-state index contributed by atoms with van der Waals surface area (Å²) in [5.74, 6) is 0.531. The molecule has 1 aromatic heterocycles. The highest BCUT2D eigenvalue weighted by atomic mass is 16.5. The molecule has 9 heteroatoms. The van der Waals surface area contributed by atoms with Crippen LogP contribution in [0.5, 0.6) is 11.5 Å². The fraction of sp³-hybridized carbons (Fsp3) is 0.259. The zero-order valence-corrected chi connectivity index (χ0v) is 20.7. The number of carbonyl (C=O) groups is 2. The molecule has 1 heterocycles. The van der Waals surface area contributed by atoms with Gasteiger partial charge < -0.3 is 24.7 Å². The van der Waals surface area contributed by atoms with E-state index in [0.717, 1.165) is 5.56 Å². The Kier molecular flexibility index (Phi) is 8.47. The van der Waals surface area contributed by atoms with E-state index in [4.69, 9.17) is 9.47 Å². The molecule has 186 valence electrons. The van der Waals surface area contributed by atoms with Crippen molar-refractivity contribution >= 4 is 17.5 Å². The second kappa shape index (κ2) is 11.7. The van der Waals surface area contributed by atoms with Gasteiger partial charge in [0.15, 0.2) is 11.5 Å². The van der Waals surface area contributed by atoms with Crippen LogP contribution < -0.4 is 25.7 Å². The number of hydrogen-bond donors (Lipinski definition) is 2. The lowest BCUT2D eigenvalue weighted by molar-refractivity contribution is -0.116. The van der Waals surface area contributed by atoms with Crippen LogP contribution >= 0.6 is 0 Å². The summed E-state index contributed by atoms with van der Waals surface area (Å²) >= 11 is 0. The predicted octanol–water partition coefficient (Wildman–Crippen LogP) is 2.97. The zero-order chi connectivity index (χ0) is 26.2. The molecule has 9 nitrogen and oxygen atoms in total. The molecule has 0 radical (unpaired) electrons. The molecule has 0 atom stereocenters. The largest absolute Gasteiger partial charge is 0.493 e. The minimum atomic E-state index is -0.507. The Labute approximate surface area is 209 Å². The number of ether oxygens (including phenoxy) is 2. The second-order valence-corrected chi connectivity index (χ2v) is 8.17. The van der Waals surface area contributed by atoms with E-state index < -0.39 is 11.5 Å². The van der Waals surface area contributed by atoms with E-state index in [-0.39, 0.29) is 18.0 Å². The molecule has 0 aliphatic heterocycles. The number of hydrogen-bond acceptors (Lipinski definition) is 6. The first kappa shape index (κ1) is 26.0. The lowest BCUT2D eigenvalue weighted by atomic mass is 10.1. The fourth-order valence-electron chi connectivity index (χ4n) is 3.80. The van der Waals surface area contributed by atoms with Gasteiger partial charge in [-0.05, 0) is 67.8 Å². The number of nitriles is 1. The summed E-state index contributed by atoms with van der Waals surface area (Å²) in [4.78, 5) is 37.8. The van der Waals surface area contributed by atoms with E-state index >= 15 is 0 Å². The van der Waals surface area contributed by atoms with Gasteiger partial charge >= 0.3 is 0 Å². The molecule has 36 heavy (non-hydrogen) atoms. The van der Waals surface area contributed by atoms with Crippen molar-refractivity contribution in [2.75, 3.05) is 26.1 Å². The van der Waals surface area contributed by atoms with Crippen LogP contribution in [0.15, 0.2) is 53.3 Å². The minimum absolute atomic E-state index is 0.0140. The molecule has 0 bridgehead atoms. The van der Waals surface area contributed by atoms with E-state index in [1.165, 1.54) is 4.57 Å². The molecule has 2 amide bonds. The highest BCUT2D eigenvalue weighted by Gasteiger charge is 2.14. The number of amides is 2. The third-order valence-electron chi connectivity index (χ3n) is 5.67. The first-order valence-corrected chi connectivity index (χ1v) is 11.3. The van der Waals surface area contributed by atoms with Crippen molar-refractivity contribution in [3.8, 4) is 17.6 Å². The quantitative estimate of drug-likeness (QED) is 0.478. The molecular formula is C27H28N4O5. The highest BCUT2D eigenvalue weighted by Crippen LogP contribution is 2.27. The third kappa shape index (κ3) is 6.10. The minimum Gasteiger partial charge on any atom is -0.493 e. The topological polar surface area (TPSA) is 122 Å². The lowest BCUT2D eigenvalue weighted by Crippen LogP contribution is -2.31. The number of aromatic nitrogens is 1. The van der Waals surface area contributed by atoms with E-state index in [1.807, 2.05) is 24.3 Å². The van der Waals surface area contributed by atoms with Crippen molar-refractivity contribution in [3.05, 3.63) is 86.8 Å².